The summed E-state index contributed by atoms with van der Waals surface area (Å²) in [4.78, 5) is 30.0. The number of pyridine rings is 1. The van der Waals surface area contributed by atoms with Gasteiger partial charge in [-0.15, -0.1) is 0 Å². The number of aromatic nitrogens is 5. The summed E-state index contributed by atoms with van der Waals surface area (Å²) < 4.78 is 58.8. The third kappa shape index (κ3) is 5.83. The molecular formula is C31H32F4N10O. The number of anilines is 3. The van der Waals surface area contributed by atoms with E-state index in [1.54, 1.807) is 18.5 Å². The minimum absolute atomic E-state index is 0.000633. The number of hydrogen-bond donors (Lipinski definition) is 3. The molecule has 1 saturated carbocycles. The van der Waals surface area contributed by atoms with Crippen molar-refractivity contribution in [2.45, 2.75) is 31.6 Å². The van der Waals surface area contributed by atoms with Gasteiger partial charge < -0.3 is 20.9 Å². The molecule has 46 heavy (non-hydrogen) atoms. The monoisotopic (exact) mass is 636 g/mol. The van der Waals surface area contributed by atoms with Gasteiger partial charge >= 0.3 is 12.2 Å². The number of alkyl halides is 4. The van der Waals surface area contributed by atoms with Gasteiger partial charge in [-0.3, -0.25) is 14.2 Å². The Morgan fingerprint density at radius 1 is 0.978 bits per heavy atom. The maximum atomic E-state index is 14.1. The number of carbonyl (C=O) groups is 1. The molecular weight excluding hydrogens is 604 g/mol. The number of rotatable bonds is 8. The molecule has 2 amide bonds. The summed E-state index contributed by atoms with van der Waals surface area (Å²) >= 11 is 0. The molecule has 5 heterocycles. The first kappa shape index (κ1) is 29.9. The van der Waals surface area contributed by atoms with E-state index >= 15 is 0 Å². The lowest BCUT2D eigenvalue weighted by Crippen LogP contribution is -2.46. The first-order valence-corrected chi connectivity index (χ1v) is 15.1. The van der Waals surface area contributed by atoms with E-state index in [0.29, 0.717) is 55.9 Å². The minimum Gasteiger partial charge on any atom is -0.383 e. The summed E-state index contributed by atoms with van der Waals surface area (Å²) in [7, 11) is 0. The van der Waals surface area contributed by atoms with Crippen molar-refractivity contribution in [1.29, 1.82) is 0 Å². The number of fused-ring (bicyclic) bond motifs is 2. The summed E-state index contributed by atoms with van der Waals surface area (Å²) in [5.74, 6) is 0.356. The molecule has 7 rings (SSSR count). The number of imidazole rings is 1. The number of benzene rings is 1. The molecule has 4 N–H and O–H groups in total. The highest BCUT2D eigenvalue weighted by atomic mass is 19.4. The van der Waals surface area contributed by atoms with Gasteiger partial charge in [-0.1, -0.05) is 6.07 Å². The Labute approximate surface area is 261 Å². The van der Waals surface area contributed by atoms with Crippen LogP contribution in [0.5, 0.6) is 0 Å². The van der Waals surface area contributed by atoms with E-state index in [1.165, 1.54) is 18.5 Å². The minimum atomic E-state index is -4.62. The summed E-state index contributed by atoms with van der Waals surface area (Å²) in [5, 5.41) is 5.98. The van der Waals surface area contributed by atoms with Crippen LogP contribution in [0.2, 0.25) is 0 Å². The molecule has 0 unspecified atom stereocenters. The predicted molar refractivity (Wildman–Crippen MR) is 166 cm³/mol. The van der Waals surface area contributed by atoms with Crippen LogP contribution in [0.3, 0.4) is 0 Å². The van der Waals surface area contributed by atoms with Crippen LogP contribution in [0.15, 0.2) is 55.2 Å². The van der Waals surface area contributed by atoms with Crippen molar-refractivity contribution in [2.75, 3.05) is 55.8 Å². The fourth-order valence-electron chi connectivity index (χ4n) is 6.14. The van der Waals surface area contributed by atoms with E-state index in [9.17, 15) is 22.4 Å². The molecule has 1 aliphatic heterocycles. The third-order valence-corrected chi connectivity index (χ3v) is 8.58. The van der Waals surface area contributed by atoms with Crippen molar-refractivity contribution in [3.8, 4) is 11.3 Å². The smallest absolute Gasteiger partial charge is 0.383 e. The molecule has 2 fully saturated rings. The molecule has 240 valence electrons. The quantitative estimate of drug-likeness (QED) is 0.195. The van der Waals surface area contributed by atoms with E-state index in [-0.39, 0.29) is 17.8 Å². The summed E-state index contributed by atoms with van der Waals surface area (Å²) in [6, 6.07) is 6.94. The molecule has 11 nitrogen and oxygen atoms in total. The third-order valence-electron chi connectivity index (χ3n) is 8.58. The van der Waals surface area contributed by atoms with Crippen LogP contribution in [0.1, 0.15) is 30.0 Å². The summed E-state index contributed by atoms with van der Waals surface area (Å²) in [5.41, 5.74) is 8.72. The molecule has 15 heteroatoms. The number of halogens is 4. The van der Waals surface area contributed by atoms with Crippen molar-refractivity contribution in [3.05, 3.63) is 66.4 Å². The molecule has 0 radical (unpaired) electrons. The topological polar surface area (TPSA) is 122 Å². The zero-order chi connectivity index (χ0) is 32.0. The fourth-order valence-corrected chi connectivity index (χ4v) is 6.14. The van der Waals surface area contributed by atoms with Crippen molar-refractivity contribution in [1.82, 2.24) is 33.7 Å². The van der Waals surface area contributed by atoms with Crippen molar-refractivity contribution in [3.63, 3.8) is 0 Å². The zero-order valence-electron chi connectivity index (χ0n) is 24.8. The fraction of sp³-hybridized carbons (Fsp3) is 0.355. The van der Waals surface area contributed by atoms with Gasteiger partial charge in [0.15, 0.2) is 5.65 Å². The van der Waals surface area contributed by atoms with Crippen LogP contribution in [0.25, 0.3) is 27.9 Å². The van der Waals surface area contributed by atoms with E-state index < -0.39 is 24.4 Å². The summed E-state index contributed by atoms with van der Waals surface area (Å²) in [6.45, 7) is 2.28. The second-order valence-electron chi connectivity index (χ2n) is 11.6. The van der Waals surface area contributed by atoms with Gasteiger partial charge in [0.2, 0.25) is 0 Å². The van der Waals surface area contributed by atoms with Crippen LogP contribution in [-0.4, -0.2) is 79.1 Å². The van der Waals surface area contributed by atoms with Gasteiger partial charge in [0.1, 0.15) is 24.5 Å². The maximum absolute atomic E-state index is 14.1. The van der Waals surface area contributed by atoms with E-state index in [0.717, 1.165) is 41.2 Å². The lowest BCUT2D eigenvalue weighted by Gasteiger charge is -2.34. The highest BCUT2D eigenvalue weighted by Gasteiger charge is 2.34. The molecule has 1 aliphatic carbocycles. The summed E-state index contributed by atoms with van der Waals surface area (Å²) in [6.07, 6.45) is 4.30. The van der Waals surface area contributed by atoms with Crippen molar-refractivity contribution in [2.24, 2.45) is 0 Å². The normalized spacial score (nSPS) is 16.3. The maximum Gasteiger partial charge on any atom is 0.416 e. The first-order valence-electron chi connectivity index (χ1n) is 15.1. The number of nitrogens with zero attached hydrogens (tertiary/aromatic N) is 7. The number of carbonyl (C=O) groups excluding carboxylic acids is 1. The number of nitrogen functional groups attached to an aromatic ring is 1. The van der Waals surface area contributed by atoms with Crippen LogP contribution in [-0.2, 0) is 12.7 Å². The SMILES string of the molecule is Nc1ncnc2c1c(-c1ccc(NC(=O)Nc3ccc(CN4CCN(CCF)CC4)c(C(F)(F)F)c3)c3nccn13)cn2C1CC1. The van der Waals surface area contributed by atoms with Gasteiger partial charge in [0.05, 0.1) is 22.3 Å². The number of nitrogens with two attached hydrogens (primary N) is 1. The van der Waals surface area contributed by atoms with Crippen LogP contribution < -0.4 is 16.4 Å². The second kappa shape index (κ2) is 11.9. The Bertz CT molecular complexity index is 1910. The number of hydrogen-bond acceptors (Lipinski definition) is 7. The first-order chi connectivity index (χ1) is 22.2. The molecule has 0 bridgehead atoms. The zero-order valence-corrected chi connectivity index (χ0v) is 24.8. The van der Waals surface area contributed by atoms with Gasteiger partial charge in [-0.05, 0) is 42.7 Å². The number of amides is 2. The molecule has 0 atom stereocenters. The van der Waals surface area contributed by atoms with Crippen LogP contribution in [0, 0.1) is 0 Å². The Kier molecular flexibility index (Phi) is 7.72. The van der Waals surface area contributed by atoms with Gasteiger partial charge in [0, 0.05) is 75.2 Å². The second-order valence-corrected chi connectivity index (χ2v) is 11.6. The van der Waals surface area contributed by atoms with Gasteiger partial charge in [0.25, 0.3) is 0 Å². The molecule has 2 aliphatic rings. The molecule has 1 saturated heterocycles. The molecule has 0 spiro atoms. The van der Waals surface area contributed by atoms with Crippen LogP contribution >= 0.6 is 0 Å². The lowest BCUT2D eigenvalue weighted by atomic mass is 10.0. The largest absolute Gasteiger partial charge is 0.416 e. The van der Waals surface area contributed by atoms with Gasteiger partial charge in [-0.25, -0.2) is 24.1 Å². The van der Waals surface area contributed by atoms with Crippen LogP contribution in [0.4, 0.5) is 39.5 Å². The average Bonchev–Trinajstić information content (AvgIpc) is 3.60. The van der Waals surface area contributed by atoms with Crippen molar-refractivity contribution >= 4 is 39.9 Å². The highest BCUT2D eigenvalue weighted by Crippen LogP contribution is 2.42. The molecule has 5 aromatic rings. The Morgan fingerprint density at radius 2 is 1.76 bits per heavy atom. The Morgan fingerprint density at radius 3 is 2.50 bits per heavy atom. The standard InChI is InChI=1S/C31H32F4N10O/c32-7-9-42-11-13-43(14-12-42)16-19-1-2-20(15-23(19)31(33,34)35)40-30(46)41-24-5-6-25(44-10-8-37-28(24)44)22-17-45(21-3-4-21)29-26(22)27(36)38-18-39-29/h1-2,5-6,8,10,15,17-18,21H,3-4,7,9,11-14,16H2,(H2,36,38,39)(H2,40,41,46). The Hall–Kier alpha value is -4.76. The van der Waals surface area contributed by atoms with E-state index in [4.69, 9.17) is 5.73 Å². The average molecular weight is 637 g/mol. The number of urea groups is 1. The lowest BCUT2D eigenvalue weighted by molar-refractivity contribution is -0.138. The van der Waals surface area contributed by atoms with E-state index in [1.807, 2.05) is 26.5 Å². The molecule has 4 aromatic heterocycles. The van der Waals surface area contributed by atoms with Gasteiger partial charge in [-0.2, -0.15) is 13.2 Å². The highest BCUT2D eigenvalue weighted by molar-refractivity contribution is 6.03. The number of nitrogens with one attached hydrogen (secondary N) is 2. The number of piperazine rings is 1. The van der Waals surface area contributed by atoms with E-state index in [2.05, 4.69) is 30.2 Å². The Balaban J connectivity index is 1.10. The van der Waals surface area contributed by atoms with Crippen molar-refractivity contribution < 1.29 is 22.4 Å². The molecule has 1 aromatic carbocycles. The predicted octanol–water partition coefficient (Wildman–Crippen LogP) is 5.41.